The van der Waals surface area contributed by atoms with Crippen molar-refractivity contribution in [2.45, 2.75) is 39.2 Å². The van der Waals surface area contributed by atoms with Gasteiger partial charge in [-0.2, -0.15) is 0 Å². The van der Waals surface area contributed by atoms with Gasteiger partial charge in [-0.1, -0.05) is 6.58 Å². The lowest BCUT2D eigenvalue weighted by atomic mass is 10.1. The van der Waals surface area contributed by atoms with Crippen LogP contribution in [0.4, 0.5) is 0 Å². The fourth-order valence-electron chi connectivity index (χ4n) is 2.23. The minimum absolute atomic E-state index is 0.178. The topological polar surface area (TPSA) is 18.5 Å². The number of likely N-dealkylation sites (N-methyl/N-ethyl adjacent to an activating group) is 1. The van der Waals surface area contributed by atoms with Gasteiger partial charge in [0.15, 0.2) is 0 Å². The third kappa shape index (κ3) is 7.14. The molecule has 106 valence electrons. The van der Waals surface area contributed by atoms with E-state index in [1.807, 2.05) is 0 Å². The molecule has 0 spiro atoms. The number of hydrogen-bond donors (Lipinski definition) is 1. The fraction of sp³-hybridized carbons (Fsp3) is 0.867. The van der Waals surface area contributed by atoms with Crippen molar-refractivity contribution in [3.05, 3.63) is 12.2 Å². The molecule has 1 saturated heterocycles. The molecule has 0 bridgehead atoms. The van der Waals surface area contributed by atoms with Gasteiger partial charge in [-0.25, -0.2) is 0 Å². The summed E-state index contributed by atoms with van der Waals surface area (Å²) in [6.07, 6.45) is 2.76. The van der Waals surface area contributed by atoms with Gasteiger partial charge in [0.2, 0.25) is 0 Å². The molecule has 1 fully saturated rings. The third-order valence-corrected chi connectivity index (χ3v) is 3.36. The van der Waals surface area contributed by atoms with Crippen molar-refractivity contribution >= 4 is 0 Å². The first-order valence-corrected chi connectivity index (χ1v) is 7.19. The minimum Gasteiger partial charge on any atom is -0.308 e. The third-order valence-electron chi connectivity index (χ3n) is 3.36. The molecule has 0 unspecified atom stereocenters. The molecule has 0 atom stereocenters. The summed E-state index contributed by atoms with van der Waals surface area (Å²) in [5, 5.41) is 3.49. The summed E-state index contributed by atoms with van der Waals surface area (Å²) in [5.74, 6) is 0. The second kappa shape index (κ2) is 7.27. The zero-order chi connectivity index (χ0) is 13.6. The van der Waals surface area contributed by atoms with Gasteiger partial charge in [-0.15, -0.1) is 0 Å². The van der Waals surface area contributed by atoms with Crippen LogP contribution in [0.25, 0.3) is 0 Å². The van der Waals surface area contributed by atoms with E-state index in [4.69, 9.17) is 0 Å². The molecule has 1 aliphatic heterocycles. The first-order chi connectivity index (χ1) is 8.37. The van der Waals surface area contributed by atoms with Crippen LogP contribution < -0.4 is 5.32 Å². The zero-order valence-corrected chi connectivity index (χ0v) is 12.8. The molecule has 3 nitrogen and oxygen atoms in total. The van der Waals surface area contributed by atoms with E-state index >= 15 is 0 Å². The monoisotopic (exact) mass is 253 g/mol. The van der Waals surface area contributed by atoms with Crippen molar-refractivity contribution < 1.29 is 0 Å². The SMILES string of the molecule is C=C(CNC(C)(C)C)CN(C)CCN1CCCC1. The van der Waals surface area contributed by atoms with E-state index in [1.54, 1.807) is 0 Å². The Morgan fingerprint density at radius 2 is 1.89 bits per heavy atom. The Morgan fingerprint density at radius 3 is 2.44 bits per heavy atom. The van der Waals surface area contributed by atoms with Gasteiger partial charge in [0, 0.05) is 31.7 Å². The van der Waals surface area contributed by atoms with Crippen molar-refractivity contribution in [1.29, 1.82) is 0 Å². The molecule has 3 heteroatoms. The molecule has 1 N–H and O–H groups in total. The highest BCUT2D eigenvalue weighted by Crippen LogP contribution is 2.07. The van der Waals surface area contributed by atoms with Crippen LogP contribution in [-0.2, 0) is 0 Å². The van der Waals surface area contributed by atoms with Crippen molar-refractivity contribution in [2.75, 3.05) is 46.3 Å². The Labute approximate surface area is 113 Å². The smallest absolute Gasteiger partial charge is 0.0200 e. The zero-order valence-electron chi connectivity index (χ0n) is 12.8. The largest absolute Gasteiger partial charge is 0.308 e. The van der Waals surface area contributed by atoms with Gasteiger partial charge in [-0.05, 0) is 59.3 Å². The number of rotatable bonds is 7. The lowest BCUT2D eigenvalue weighted by Gasteiger charge is -2.25. The van der Waals surface area contributed by atoms with Gasteiger partial charge in [0.05, 0.1) is 0 Å². The summed E-state index contributed by atoms with van der Waals surface area (Å²) in [5.41, 5.74) is 1.45. The quantitative estimate of drug-likeness (QED) is 0.700. The predicted octanol–water partition coefficient (Wildman–Crippen LogP) is 1.96. The van der Waals surface area contributed by atoms with Gasteiger partial charge in [0.1, 0.15) is 0 Å². The molecule has 0 aliphatic carbocycles. The average Bonchev–Trinajstić information content (AvgIpc) is 2.75. The standard InChI is InChI=1S/C15H31N3/c1-14(12-16-15(2,3)4)13-17(5)10-11-18-8-6-7-9-18/h16H,1,6-13H2,2-5H3. The maximum Gasteiger partial charge on any atom is 0.0200 e. The summed E-state index contributed by atoms with van der Waals surface area (Å²) in [7, 11) is 2.19. The molecule has 0 aromatic rings. The lowest BCUT2D eigenvalue weighted by molar-refractivity contribution is 0.266. The van der Waals surface area contributed by atoms with Crippen molar-refractivity contribution in [1.82, 2.24) is 15.1 Å². The molecular formula is C15H31N3. The van der Waals surface area contributed by atoms with Crippen LogP contribution in [0.15, 0.2) is 12.2 Å². The molecule has 0 aromatic carbocycles. The highest BCUT2D eigenvalue weighted by Gasteiger charge is 2.13. The molecule has 0 aromatic heterocycles. The molecular weight excluding hydrogens is 222 g/mol. The first kappa shape index (κ1) is 15.7. The molecule has 1 aliphatic rings. The molecule has 1 rings (SSSR count). The highest BCUT2D eigenvalue weighted by molar-refractivity contribution is 5.00. The van der Waals surface area contributed by atoms with E-state index in [0.717, 1.165) is 19.6 Å². The highest BCUT2D eigenvalue weighted by atomic mass is 15.2. The van der Waals surface area contributed by atoms with E-state index in [0.29, 0.717) is 0 Å². The van der Waals surface area contributed by atoms with Crippen LogP contribution in [0.3, 0.4) is 0 Å². The van der Waals surface area contributed by atoms with E-state index < -0.39 is 0 Å². The second-order valence-corrected chi connectivity index (χ2v) is 6.64. The Balaban J connectivity index is 2.10. The number of hydrogen-bond acceptors (Lipinski definition) is 3. The molecule has 0 saturated carbocycles. The number of nitrogens with one attached hydrogen (secondary N) is 1. The lowest BCUT2D eigenvalue weighted by Crippen LogP contribution is -2.39. The minimum atomic E-state index is 0.178. The Hall–Kier alpha value is -0.380. The van der Waals surface area contributed by atoms with E-state index in [9.17, 15) is 0 Å². The van der Waals surface area contributed by atoms with Gasteiger partial charge >= 0.3 is 0 Å². The van der Waals surface area contributed by atoms with Crippen LogP contribution in [0, 0.1) is 0 Å². The number of likely N-dealkylation sites (tertiary alicyclic amines) is 1. The molecule has 1 heterocycles. The first-order valence-electron chi connectivity index (χ1n) is 7.19. The van der Waals surface area contributed by atoms with Crippen LogP contribution in [0.5, 0.6) is 0 Å². The normalized spacial score (nSPS) is 17.6. The maximum atomic E-state index is 4.16. The molecule has 0 radical (unpaired) electrons. The van der Waals surface area contributed by atoms with Crippen LogP contribution in [-0.4, -0.2) is 61.7 Å². The van der Waals surface area contributed by atoms with Gasteiger partial charge in [-0.3, -0.25) is 0 Å². The van der Waals surface area contributed by atoms with Crippen molar-refractivity contribution in [2.24, 2.45) is 0 Å². The van der Waals surface area contributed by atoms with Crippen LogP contribution in [0.2, 0.25) is 0 Å². The van der Waals surface area contributed by atoms with E-state index in [-0.39, 0.29) is 5.54 Å². The van der Waals surface area contributed by atoms with Gasteiger partial charge < -0.3 is 15.1 Å². The number of nitrogens with zero attached hydrogens (tertiary/aromatic N) is 2. The molecule has 0 amide bonds. The summed E-state index contributed by atoms with van der Waals surface area (Å²) in [6, 6.07) is 0. The average molecular weight is 253 g/mol. The van der Waals surface area contributed by atoms with E-state index in [2.05, 4.69) is 49.5 Å². The second-order valence-electron chi connectivity index (χ2n) is 6.64. The van der Waals surface area contributed by atoms with Gasteiger partial charge in [0.25, 0.3) is 0 Å². The summed E-state index contributed by atoms with van der Waals surface area (Å²) >= 11 is 0. The molecule has 18 heavy (non-hydrogen) atoms. The Morgan fingerprint density at radius 1 is 1.28 bits per heavy atom. The maximum absolute atomic E-state index is 4.16. The fourth-order valence-corrected chi connectivity index (χ4v) is 2.23. The van der Waals surface area contributed by atoms with Crippen molar-refractivity contribution in [3.63, 3.8) is 0 Å². The van der Waals surface area contributed by atoms with Crippen LogP contribution >= 0.6 is 0 Å². The van der Waals surface area contributed by atoms with Crippen molar-refractivity contribution in [3.8, 4) is 0 Å². The van der Waals surface area contributed by atoms with E-state index in [1.165, 1.54) is 38.0 Å². The van der Waals surface area contributed by atoms with Crippen LogP contribution in [0.1, 0.15) is 33.6 Å². The predicted molar refractivity (Wildman–Crippen MR) is 80.1 cm³/mol. The summed E-state index contributed by atoms with van der Waals surface area (Å²) in [4.78, 5) is 4.94. The summed E-state index contributed by atoms with van der Waals surface area (Å²) in [6.45, 7) is 17.6. The summed E-state index contributed by atoms with van der Waals surface area (Å²) < 4.78 is 0. The Bertz CT molecular complexity index is 249. The Kier molecular flexibility index (Phi) is 6.33.